The molecule has 6 nitrogen and oxygen atoms in total. The predicted molar refractivity (Wildman–Crippen MR) is 70.9 cm³/mol. The van der Waals surface area contributed by atoms with Crippen molar-refractivity contribution in [3.8, 4) is 0 Å². The monoisotopic (exact) mass is 272 g/mol. The van der Waals surface area contributed by atoms with Crippen LogP contribution >= 0.6 is 0 Å². The van der Waals surface area contributed by atoms with Crippen LogP contribution in [0.25, 0.3) is 0 Å². The molecule has 1 atom stereocenters. The van der Waals surface area contributed by atoms with E-state index in [0.717, 1.165) is 38.8 Å². The minimum absolute atomic E-state index is 0.0550. The van der Waals surface area contributed by atoms with Crippen molar-refractivity contribution in [2.45, 2.75) is 51.2 Å². The summed E-state index contributed by atoms with van der Waals surface area (Å²) in [4.78, 5) is 22.6. The molecule has 110 valence electrons. The first-order valence-electron chi connectivity index (χ1n) is 6.98. The number of hydrogen-bond donors (Lipinski definition) is 3. The molecule has 1 rings (SSSR count). The summed E-state index contributed by atoms with van der Waals surface area (Å²) in [5.41, 5.74) is 0. The second kappa shape index (κ2) is 8.87. The van der Waals surface area contributed by atoms with Gasteiger partial charge in [0.05, 0.1) is 6.10 Å². The van der Waals surface area contributed by atoms with Crippen LogP contribution in [0.4, 0.5) is 0 Å². The van der Waals surface area contributed by atoms with Gasteiger partial charge in [0.25, 0.3) is 0 Å². The van der Waals surface area contributed by atoms with Crippen LogP contribution in [0, 0.1) is 0 Å². The zero-order valence-electron chi connectivity index (χ0n) is 11.5. The lowest BCUT2D eigenvalue weighted by Crippen LogP contribution is -2.43. The topological polar surface area (TPSA) is 87.7 Å². The summed E-state index contributed by atoms with van der Waals surface area (Å²) < 4.78 is 5.48. The van der Waals surface area contributed by atoms with E-state index in [1.54, 1.807) is 0 Å². The molecule has 1 aliphatic heterocycles. The third-order valence-electron chi connectivity index (χ3n) is 3.22. The van der Waals surface area contributed by atoms with Gasteiger partial charge in [-0.2, -0.15) is 0 Å². The Morgan fingerprint density at radius 3 is 2.68 bits per heavy atom. The summed E-state index contributed by atoms with van der Waals surface area (Å²) in [5.74, 6) is -1.33. The van der Waals surface area contributed by atoms with Gasteiger partial charge >= 0.3 is 5.97 Å². The van der Waals surface area contributed by atoms with Gasteiger partial charge in [-0.1, -0.05) is 19.8 Å². The normalized spacial score (nSPS) is 17.9. The maximum Gasteiger partial charge on any atom is 0.326 e. The molecule has 1 fully saturated rings. The van der Waals surface area contributed by atoms with E-state index in [4.69, 9.17) is 9.84 Å². The number of ether oxygens (including phenoxy) is 1. The molecular formula is C13H24N2O4. The van der Waals surface area contributed by atoms with Crippen LogP contribution in [-0.2, 0) is 14.3 Å². The highest BCUT2D eigenvalue weighted by atomic mass is 16.5. The summed E-state index contributed by atoms with van der Waals surface area (Å²) in [6, 6.07) is -0.802. The number of nitrogens with one attached hydrogen (secondary N) is 2. The van der Waals surface area contributed by atoms with E-state index in [-0.39, 0.29) is 18.6 Å². The van der Waals surface area contributed by atoms with E-state index >= 15 is 0 Å². The van der Waals surface area contributed by atoms with Gasteiger partial charge in [0.2, 0.25) is 5.91 Å². The third kappa shape index (κ3) is 6.54. The molecule has 1 unspecified atom stereocenters. The Labute approximate surface area is 113 Å². The van der Waals surface area contributed by atoms with E-state index < -0.39 is 12.0 Å². The number of carboxylic acid groups (broad SMARTS) is 1. The number of rotatable bonds is 8. The smallest absolute Gasteiger partial charge is 0.326 e. The molecule has 3 N–H and O–H groups in total. The summed E-state index contributed by atoms with van der Waals surface area (Å²) in [7, 11) is 0. The van der Waals surface area contributed by atoms with E-state index in [9.17, 15) is 9.59 Å². The van der Waals surface area contributed by atoms with Crippen LogP contribution in [-0.4, -0.2) is 48.8 Å². The Balaban J connectivity index is 2.25. The third-order valence-corrected chi connectivity index (χ3v) is 3.22. The molecule has 0 aromatic rings. The Bertz CT molecular complexity index is 290. The largest absolute Gasteiger partial charge is 0.480 e. The summed E-state index contributed by atoms with van der Waals surface area (Å²) in [5, 5.41) is 14.7. The fourth-order valence-electron chi connectivity index (χ4n) is 2.06. The van der Waals surface area contributed by atoms with E-state index in [1.807, 2.05) is 6.92 Å². The van der Waals surface area contributed by atoms with Gasteiger partial charge < -0.3 is 20.5 Å². The second-order valence-electron chi connectivity index (χ2n) is 4.86. The molecule has 1 saturated heterocycles. The fraction of sp³-hybridized carbons (Fsp3) is 0.846. The highest BCUT2D eigenvalue weighted by molar-refractivity contribution is 5.84. The Morgan fingerprint density at radius 1 is 1.42 bits per heavy atom. The first kappa shape index (κ1) is 15.9. The zero-order valence-corrected chi connectivity index (χ0v) is 11.5. The molecule has 0 radical (unpaired) electrons. The summed E-state index contributed by atoms with van der Waals surface area (Å²) >= 11 is 0. The Morgan fingerprint density at radius 2 is 2.11 bits per heavy atom. The average Bonchev–Trinajstić information content (AvgIpc) is 2.42. The number of carbonyl (C=O) groups is 2. The van der Waals surface area contributed by atoms with E-state index in [1.165, 1.54) is 0 Å². The highest BCUT2D eigenvalue weighted by Crippen LogP contribution is 2.07. The molecular weight excluding hydrogens is 248 g/mol. The second-order valence-corrected chi connectivity index (χ2v) is 4.86. The Hall–Kier alpha value is -1.14. The van der Waals surface area contributed by atoms with Crippen molar-refractivity contribution >= 4 is 11.9 Å². The van der Waals surface area contributed by atoms with Gasteiger partial charge in [0.15, 0.2) is 0 Å². The lowest BCUT2D eigenvalue weighted by molar-refractivity contribution is -0.143. The summed E-state index contributed by atoms with van der Waals surface area (Å²) in [6.45, 7) is 3.74. The van der Waals surface area contributed by atoms with Gasteiger partial charge in [-0.25, -0.2) is 4.79 Å². The molecule has 6 heteroatoms. The maximum absolute atomic E-state index is 11.6. The molecule has 0 bridgehead atoms. The van der Waals surface area contributed by atoms with Crippen molar-refractivity contribution in [3.63, 3.8) is 0 Å². The molecule has 0 aromatic heterocycles. The number of carbonyl (C=O) groups excluding carboxylic acids is 1. The van der Waals surface area contributed by atoms with Crippen LogP contribution in [0.3, 0.4) is 0 Å². The minimum atomic E-state index is -0.983. The number of aliphatic carboxylic acids is 1. The highest BCUT2D eigenvalue weighted by Gasteiger charge is 2.20. The molecule has 19 heavy (non-hydrogen) atoms. The molecule has 1 amide bonds. The standard InChI is InChI=1S/C13H24N2O4/c1-2-3-4-11(13(17)18)15-12(16)9-19-10-5-7-14-8-6-10/h10-11,14H,2-9H2,1H3,(H,15,16)(H,17,18). The molecule has 1 heterocycles. The van der Waals surface area contributed by atoms with Crippen LogP contribution in [0.15, 0.2) is 0 Å². The zero-order chi connectivity index (χ0) is 14.1. The fourth-order valence-corrected chi connectivity index (χ4v) is 2.06. The first-order chi connectivity index (χ1) is 9.13. The number of piperidine rings is 1. The van der Waals surface area contributed by atoms with Crippen LogP contribution in [0.5, 0.6) is 0 Å². The van der Waals surface area contributed by atoms with Gasteiger partial charge in [0, 0.05) is 0 Å². The molecule has 1 aliphatic rings. The Kier molecular flexibility index (Phi) is 7.43. The first-order valence-corrected chi connectivity index (χ1v) is 6.98. The minimum Gasteiger partial charge on any atom is -0.480 e. The van der Waals surface area contributed by atoms with Crippen molar-refractivity contribution in [1.29, 1.82) is 0 Å². The molecule has 0 spiro atoms. The number of unbranched alkanes of at least 4 members (excludes halogenated alkanes) is 1. The van der Waals surface area contributed by atoms with Crippen molar-refractivity contribution in [3.05, 3.63) is 0 Å². The molecule has 0 aliphatic carbocycles. The summed E-state index contributed by atoms with van der Waals surface area (Å²) in [6.07, 6.45) is 4.05. The van der Waals surface area contributed by atoms with E-state index in [2.05, 4.69) is 10.6 Å². The average molecular weight is 272 g/mol. The quantitative estimate of drug-likeness (QED) is 0.599. The van der Waals surface area contributed by atoms with Crippen molar-refractivity contribution < 1.29 is 19.4 Å². The lowest BCUT2D eigenvalue weighted by atomic mass is 10.1. The van der Waals surface area contributed by atoms with Gasteiger partial charge in [0.1, 0.15) is 12.6 Å². The van der Waals surface area contributed by atoms with E-state index in [0.29, 0.717) is 6.42 Å². The number of hydrogen-bond acceptors (Lipinski definition) is 4. The van der Waals surface area contributed by atoms with Crippen molar-refractivity contribution in [1.82, 2.24) is 10.6 Å². The van der Waals surface area contributed by atoms with Crippen LogP contribution in [0.2, 0.25) is 0 Å². The van der Waals surface area contributed by atoms with Crippen molar-refractivity contribution in [2.24, 2.45) is 0 Å². The van der Waals surface area contributed by atoms with Crippen LogP contribution in [0.1, 0.15) is 39.0 Å². The number of carboxylic acids is 1. The molecule has 0 saturated carbocycles. The maximum atomic E-state index is 11.6. The number of amides is 1. The lowest BCUT2D eigenvalue weighted by Gasteiger charge is -2.23. The van der Waals surface area contributed by atoms with Gasteiger partial charge in [-0.3, -0.25) is 4.79 Å². The SMILES string of the molecule is CCCCC(NC(=O)COC1CCNCC1)C(=O)O. The van der Waals surface area contributed by atoms with Crippen molar-refractivity contribution in [2.75, 3.05) is 19.7 Å². The van der Waals surface area contributed by atoms with Gasteiger partial charge in [-0.15, -0.1) is 0 Å². The molecule has 0 aromatic carbocycles. The van der Waals surface area contributed by atoms with Gasteiger partial charge in [-0.05, 0) is 32.4 Å². The van der Waals surface area contributed by atoms with Crippen LogP contribution < -0.4 is 10.6 Å². The predicted octanol–water partition coefficient (Wildman–Crippen LogP) is 0.515.